The van der Waals surface area contributed by atoms with Crippen LogP contribution in [-0.2, 0) is 6.54 Å². The first-order valence-corrected chi connectivity index (χ1v) is 5.79. The molecule has 4 heteroatoms. The minimum atomic E-state index is -0.597. The summed E-state index contributed by atoms with van der Waals surface area (Å²) in [7, 11) is 0. The average molecular weight is 246 g/mol. The van der Waals surface area contributed by atoms with E-state index in [-0.39, 0.29) is 11.8 Å². The number of hydrogen-bond acceptors (Lipinski definition) is 3. The molecular formula is C14H15FN2O. The number of benzene rings is 1. The van der Waals surface area contributed by atoms with Crippen molar-refractivity contribution >= 4 is 0 Å². The van der Waals surface area contributed by atoms with Gasteiger partial charge < -0.3 is 10.4 Å². The Balaban J connectivity index is 2.02. The van der Waals surface area contributed by atoms with E-state index in [4.69, 9.17) is 0 Å². The maximum Gasteiger partial charge on any atom is 0.165 e. The van der Waals surface area contributed by atoms with Gasteiger partial charge in [0.15, 0.2) is 11.6 Å². The normalized spacial score (nSPS) is 12.3. The molecule has 94 valence electrons. The van der Waals surface area contributed by atoms with E-state index in [0.717, 1.165) is 5.69 Å². The highest BCUT2D eigenvalue weighted by Gasteiger charge is 2.09. The van der Waals surface area contributed by atoms with Crippen molar-refractivity contribution in [3.05, 3.63) is 59.7 Å². The van der Waals surface area contributed by atoms with Gasteiger partial charge in [-0.3, -0.25) is 4.98 Å². The number of phenols is 1. The summed E-state index contributed by atoms with van der Waals surface area (Å²) < 4.78 is 13.1. The van der Waals surface area contributed by atoms with Gasteiger partial charge in [-0.05, 0) is 25.1 Å². The van der Waals surface area contributed by atoms with Crippen LogP contribution in [0.25, 0.3) is 0 Å². The maximum atomic E-state index is 13.1. The first-order chi connectivity index (χ1) is 8.68. The Labute approximate surface area is 105 Å². The van der Waals surface area contributed by atoms with Crippen LogP contribution in [0.3, 0.4) is 0 Å². The SMILES string of the molecule is C[C@@H](NCc1cccc(F)c1O)c1ccccn1. The third-order valence-corrected chi connectivity index (χ3v) is 2.80. The molecule has 3 nitrogen and oxygen atoms in total. The number of nitrogens with one attached hydrogen (secondary N) is 1. The maximum absolute atomic E-state index is 13.1. The van der Waals surface area contributed by atoms with Gasteiger partial charge >= 0.3 is 0 Å². The molecule has 0 fully saturated rings. The van der Waals surface area contributed by atoms with Gasteiger partial charge in [0.05, 0.1) is 5.69 Å². The van der Waals surface area contributed by atoms with Crippen LogP contribution >= 0.6 is 0 Å². The van der Waals surface area contributed by atoms with Crippen molar-refractivity contribution in [1.82, 2.24) is 10.3 Å². The van der Waals surface area contributed by atoms with Gasteiger partial charge in [-0.15, -0.1) is 0 Å². The van der Waals surface area contributed by atoms with E-state index in [0.29, 0.717) is 12.1 Å². The van der Waals surface area contributed by atoms with E-state index >= 15 is 0 Å². The molecule has 0 aliphatic rings. The molecule has 0 amide bonds. The molecule has 0 saturated carbocycles. The molecule has 2 N–H and O–H groups in total. The van der Waals surface area contributed by atoms with Gasteiger partial charge in [0.1, 0.15) is 0 Å². The van der Waals surface area contributed by atoms with Gasteiger partial charge in [0, 0.05) is 24.3 Å². The van der Waals surface area contributed by atoms with Gasteiger partial charge in [-0.2, -0.15) is 0 Å². The zero-order chi connectivity index (χ0) is 13.0. The minimum absolute atomic E-state index is 0.0360. The van der Waals surface area contributed by atoms with Crippen molar-refractivity contribution in [3.63, 3.8) is 0 Å². The number of phenolic OH excluding ortho intramolecular Hbond substituents is 1. The lowest BCUT2D eigenvalue weighted by Gasteiger charge is -2.14. The largest absolute Gasteiger partial charge is 0.505 e. The fourth-order valence-electron chi connectivity index (χ4n) is 1.70. The molecule has 0 bridgehead atoms. The highest BCUT2D eigenvalue weighted by atomic mass is 19.1. The summed E-state index contributed by atoms with van der Waals surface area (Å²) in [5.74, 6) is -0.891. The zero-order valence-corrected chi connectivity index (χ0v) is 10.1. The van der Waals surface area contributed by atoms with Crippen molar-refractivity contribution < 1.29 is 9.50 Å². The quantitative estimate of drug-likeness (QED) is 0.872. The van der Waals surface area contributed by atoms with Crippen LogP contribution in [-0.4, -0.2) is 10.1 Å². The Morgan fingerprint density at radius 3 is 2.83 bits per heavy atom. The molecule has 1 atom stereocenters. The van der Waals surface area contributed by atoms with Gasteiger partial charge in [0.2, 0.25) is 0 Å². The molecule has 0 radical (unpaired) electrons. The van der Waals surface area contributed by atoms with Crippen molar-refractivity contribution in [2.24, 2.45) is 0 Å². The first-order valence-electron chi connectivity index (χ1n) is 5.79. The van der Waals surface area contributed by atoms with Gasteiger partial charge in [0.25, 0.3) is 0 Å². The molecule has 2 aromatic rings. The molecule has 2 rings (SSSR count). The smallest absolute Gasteiger partial charge is 0.165 e. The second-order valence-corrected chi connectivity index (χ2v) is 4.10. The highest BCUT2D eigenvalue weighted by molar-refractivity contribution is 5.33. The van der Waals surface area contributed by atoms with Crippen LogP contribution in [0.4, 0.5) is 4.39 Å². The second-order valence-electron chi connectivity index (χ2n) is 4.10. The standard InChI is InChI=1S/C14H15FN2O/c1-10(13-7-2-3-8-16-13)17-9-11-5-4-6-12(15)14(11)18/h2-8,10,17-18H,9H2,1H3/t10-/m1/s1. The summed E-state index contributed by atoms with van der Waals surface area (Å²) >= 11 is 0. The van der Waals surface area contributed by atoms with Crippen molar-refractivity contribution in [1.29, 1.82) is 0 Å². The van der Waals surface area contributed by atoms with E-state index in [1.165, 1.54) is 6.07 Å². The van der Waals surface area contributed by atoms with Crippen LogP contribution in [0.5, 0.6) is 5.75 Å². The number of nitrogens with zero attached hydrogens (tertiary/aromatic N) is 1. The molecule has 0 unspecified atom stereocenters. The summed E-state index contributed by atoms with van der Waals surface area (Å²) in [6.07, 6.45) is 1.73. The number of halogens is 1. The summed E-state index contributed by atoms with van der Waals surface area (Å²) in [5.41, 5.74) is 1.45. The number of hydrogen-bond donors (Lipinski definition) is 2. The second kappa shape index (κ2) is 5.60. The fourth-order valence-corrected chi connectivity index (χ4v) is 1.70. The number of pyridine rings is 1. The van der Waals surface area contributed by atoms with Crippen LogP contribution in [0.1, 0.15) is 24.2 Å². The number of para-hydroxylation sites is 1. The summed E-state index contributed by atoms with van der Waals surface area (Å²) in [5, 5.41) is 12.7. The Morgan fingerprint density at radius 2 is 2.11 bits per heavy atom. The predicted molar refractivity (Wildman–Crippen MR) is 67.6 cm³/mol. The van der Waals surface area contributed by atoms with Gasteiger partial charge in [-0.1, -0.05) is 18.2 Å². The summed E-state index contributed by atoms with van der Waals surface area (Å²) in [6.45, 7) is 2.36. The van der Waals surface area contributed by atoms with Crippen molar-refractivity contribution in [3.8, 4) is 5.75 Å². The Kier molecular flexibility index (Phi) is 3.89. The molecule has 0 spiro atoms. The molecule has 18 heavy (non-hydrogen) atoms. The predicted octanol–water partition coefficient (Wildman–Crippen LogP) is 2.78. The first kappa shape index (κ1) is 12.5. The number of aromatic nitrogens is 1. The van der Waals surface area contributed by atoms with Crippen molar-refractivity contribution in [2.45, 2.75) is 19.5 Å². The monoisotopic (exact) mass is 246 g/mol. The van der Waals surface area contributed by atoms with Crippen LogP contribution < -0.4 is 5.32 Å². The molecule has 1 heterocycles. The van der Waals surface area contributed by atoms with Gasteiger partial charge in [-0.25, -0.2) is 4.39 Å². The Hall–Kier alpha value is -1.94. The van der Waals surface area contributed by atoms with E-state index in [1.54, 1.807) is 18.3 Å². The molecule has 0 aliphatic heterocycles. The molecule has 1 aromatic heterocycles. The zero-order valence-electron chi connectivity index (χ0n) is 10.1. The third kappa shape index (κ3) is 2.84. The van der Waals surface area contributed by atoms with E-state index in [2.05, 4.69) is 10.3 Å². The summed E-state index contributed by atoms with van der Waals surface area (Å²) in [6, 6.07) is 10.2. The van der Waals surface area contributed by atoms with E-state index in [1.807, 2.05) is 25.1 Å². The molecular weight excluding hydrogens is 231 g/mol. The lowest BCUT2D eigenvalue weighted by molar-refractivity contribution is 0.420. The lowest BCUT2D eigenvalue weighted by Crippen LogP contribution is -2.19. The number of rotatable bonds is 4. The molecule has 1 aromatic carbocycles. The molecule has 0 saturated heterocycles. The van der Waals surface area contributed by atoms with Crippen molar-refractivity contribution in [2.75, 3.05) is 0 Å². The lowest BCUT2D eigenvalue weighted by atomic mass is 10.1. The van der Waals surface area contributed by atoms with Crippen LogP contribution in [0.2, 0.25) is 0 Å². The fraction of sp³-hybridized carbons (Fsp3) is 0.214. The highest BCUT2D eigenvalue weighted by Crippen LogP contribution is 2.21. The minimum Gasteiger partial charge on any atom is -0.505 e. The molecule has 0 aliphatic carbocycles. The number of aromatic hydroxyl groups is 1. The van der Waals surface area contributed by atoms with E-state index < -0.39 is 5.82 Å². The Bertz CT molecular complexity index is 516. The van der Waals surface area contributed by atoms with Crippen LogP contribution in [0, 0.1) is 5.82 Å². The van der Waals surface area contributed by atoms with E-state index in [9.17, 15) is 9.50 Å². The average Bonchev–Trinajstić information content (AvgIpc) is 2.41. The third-order valence-electron chi connectivity index (χ3n) is 2.80. The Morgan fingerprint density at radius 1 is 1.28 bits per heavy atom. The summed E-state index contributed by atoms with van der Waals surface area (Å²) in [4.78, 5) is 4.23. The topological polar surface area (TPSA) is 45.1 Å². The van der Waals surface area contributed by atoms with Crippen LogP contribution in [0.15, 0.2) is 42.6 Å².